The van der Waals surface area contributed by atoms with Crippen molar-refractivity contribution < 1.29 is 33.3 Å². The number of hydrogen-bond acceptors (Lipinski definition) is 8. The molecular weight excluding hydrogens is 528 g/mol. The van der Waals surface area contributed by atoms with E-state index in [9.17, 15) is 14.4 Å². The van der Waals surface area contributed by atoms with Gasteiger partial charge in [-0.05, 0) is 49.2 Å². The number of rotatable bonds is 6. The Labute approximate surface area is 236 Å². The molecule has 11 heteroatoms. The van der Waals surface area contributed by atoms with Gasteiger partial charge >= 0.3 is 6.09 Å². The van der Waals surface area contributed by atoms with Gasteiger partial charge < -0.3 is 34.5 Å². The molecule has 2 N–H and O–H groups in total. The molecule has 3 amide bonds. The number of carbonyl (C=O) groups is 3. The predicted molar refractivity (Wildman–Crippen MR) is 148 cm³/mol. The number of carbonyl (C=O) groups excluding carboxylic acids is 3. The monoisotopic (exact) mass is 556 g/mol. The molecule has 0 bridgehead atoms. The Morgan fingerprint density at radius 3 is 2.66 bits per heavy atom. The first-order valence-corrected chi connectivity index (χ1v) is 13.0. The number of alkyl carbamates (subject to hydrolysis) is 1. The summed E-state index contributed by atoms with van der Waals surface area (Å²) in [5.74, 6) is 6.59. The van der Waals surface area contributed by atoms with E-state index in [1.165, 1.54) is 17.2 Å². The zero-order valence-electron chi connectivity index (χ0n) is 22.5. The first kappa shape index (κ1) is 27.5. The summed E-state index contributed by atoms with van der Waals surface area (Å²) >= 11 is 0. The van der Waals surface area contributed by atoms with Crippen LogP contribution in [0.25, 0.3) is 0 Å². The molecule has 1 aromatic heterocycles. The van der Waals surface area contributed by atoms with Crippen LogP contribution in [0.2, 0.25) is 0 Å². The Morgan fingerprint density at radius 2 is 1.93 bits per heavy atom. The molecule has 1 fully saturated rings. The minimum Gasteiger partial charge on any atom is -0.489 e. The van der Waals surface area contributed by atoms with E-state index in [2.05, 4.69) is 27.5 Å². The van der Waals surface area contributed by atoms with E-state index in [0.29, 0.717) is 35.0 Å². The lowest BCUT2D eigenvalue weighted by molar-refractivity contribution is -0.142. The lowest BCUT2D eigenvalue weighted by Crippen LogP contribution is -2.53. The number of amides is 3. The molecule has 210 valence electrons. The van der Waals surface area contributed by atoms with Crippen LogP contribution < -0.4 is 25.0 Å². The van der Waals surface area contributed by atoms with Crippen LogP contribution in [0, 0.1) is 11.8 Å². The van der Waals surface area contributed by atoms with Crippen molar-refractivity contribution >= 4 is 23.6 Å². The lowest BCUT2D eigenvalue weighted by atomic mass is 10.0. The smallest absolute Gasteiger partial charge is 0.408 e. The number of pyridine rings is 1. The molecule has 2 aromatic carbocycles. The van der Waals surface area contributed by atoms with Crippen LogP contribution in [-0.2, 0) is 14.3 Å². The highest BCUT2D eigenvalue weighted by Gasteiger charge is 2.41. The summed E-state index contributed by atoms with van der Waals surface area (Å²) in [6.07, 6.45) is 0.897. The fourth-order valence-electron chi connectivity index (χ4n) is 4.12. The first-order chi connectivity index (χ1) is 19.9. The highest BCUT2D eigenvalue weighted by Crippen LogP contribution is 2.32. The van der Waals surface area contributed by atoms with Gasteiger partial charge in [0.2, 0.25) is 5.60 Å². The van der Waals surface area contributed by atoms with E-state index in [4.69, 9.17) is 18.9 Å². The molecule has 3 heterocycles. The molecule has 1 saturated heterocycles. The molecule has 0 spiro atoms. The molecule has 2 aliphatic rings. The maximum atomic E-state index is 13.3. The SMILES string of the molecule is CCNC(=O)OC1(C#Cc2ccc3c(c2)N(C)C(=O)[C@@H](NC(=O)c2cc(Oc4ccccc4)ccn2)CO3)COC1. The highest BCUT2D eigenvalue weighted by atomic mass is 16.6. The fraction of sp³-hybridized carbons (Fsp3) is 0.267. The molecule has 11 nitrogen and oxygen atoms in total. The Kier molecular flexibility index (Phi) is 8.03. The van der Waals surface area contributed by atoms with E-state index in [0.717, 1.165) is 0 Å². The number of benzene rings is 2. The molecule has 3 aromatic rings. The van der Waals surface area contributed by atoms with Gasteiger partial charge in [0.05, 0.1) is 5.69 Å². The zero-order chi connectivity index (χ0) is 28.8. The molecular formula is C30H28N4O7. The van der Waals surface area contributed by atoms with Crippen LogP contribution in [0.1, 0.15) is 23.0 Å². The number of fused-ring (bicyclic) bond motifs is 1. The van der Waals surface area contributed by atoms with E-state index in [-0.39, 0.29) is 31.4 Å². The van der Waals surface area contributed by atoms with E-state index >= 15 is 0 Å². The number of ether oxygens (including phenoxy) is 4. The Morgan fingerprint density at radius 1 is 1.12 bits per heavy atom. The summed E-state index contributed by atoms with van der Waals surface area (Å²) in [6.45, 7) is 2.48. The second kappa shape index (κ2) is 12.0. The fourth-order valence-corrected chi connectivity index (χ4v) is 4.12. The van der Waals surface area contributed by atoms with Crippen LogP contribution in [0.15, 0.2) is 66.9 Å². The summed E-state index contributed by atoms with van der Waals surface area (Å²) < 4.78 is 22.3. The predicted octanol–water partition coefficient (Wildman–Crippen LogP) is 2.89. The van der Waals surface area contributed by atoms with Crippen molar-refractivity contribution in [1.29, 1.82) is 0 Å². The number of nitrogens with one attached hydrogen (secondary N) is 2. The summed E-state index contributed by atoms with van der Waals surface area (Å²) in [5.41, 5.74) is 0.132. The van der Waals surface area contributed by atoms with E-state index in [1.807, 2.05) is 18.2 Å². The standard InChI is InChI=1S/C30H28N4O7/c1-3-31-29(37)41-30(18-38-19-30)13-11-20-9-10-26-25(15-20)34(2)28(36)24(17-39-26)33-27(35)23-16-22(12-14-32-23)40-21-7-5-4-6-8-21/h4-10,12,14-16,24H,3,17-19H2,1-2H3,(H,31,37)(H,33,35)/t24-/m0/s1. The molecule has 0 unspecified atom stereocenters. The number of likely N-dealkylation sites (N-methyl/N-ethyl adjacent to an activating group) is 1. The van der Waals surface area contributed by atoms with Gasteiger partial charge in [-0.2, -0.15) is 0 Å². The largest absolute Gasteiger partial charge is 0.489 e. The topological polar surface area (TPSA) is 128 Å². The molecule has 41 heavy (non-hydrogen) atoms. The van der Waals surface area contributed by atoms with E-state index in [1.54, 1.807) is 50.4 Å². The van der Waals surface area contributed by atoms with Crippen LogP contribution >= 0.6 is 0 Å². The van der Waals surface area contributed by atoms with Gasteiger partial charge in [-0.1, -0.05) is 24.1 Å². The van der Waals surface area contributed by atoms with Gasteiger partial charge in [0.15, 0.2) is 0 Å². The summed E-state index contributed by atoms with van der Waals surface area (Å²) in [5, 5.41) is 5.30. The van der Waals surface area contributed by atoms with Crippen molar-refractivity contribution in [2.24, 2.45) is 0 Å². The minimum atomic E-state index is -1.03. The van der Waals surface area contributed by atoms with Gasteiger partial charge in [0.25, 0.3) is 11.8 Å². The Bertz CT molecular complexity index is 1510. The van der Waals surface area contributed by atoms with Gasteiger partial charge in [-0.15, -0.1) is 0 Å². The van der Waals surface area contributed by atoms with Crippen molar-refractivity contribution in [2.45, 2.75) is 18.6 Å². The van der Waals surface area contributed by atoms with Gasteiger partial charge in [0, 0.05) is 31.4 Å². The van der Waals surface area contributed by atoms with Crippen molar-refractivity contribution in [2.75, 3.05) is 38.3 Å². The van der Waals surface area contributed by atoms with Crippen molar-refractivity contribution in [1.82, 2.24) is 15.6 Å². The van der Waals surface area contributed by atoms with E-state index < -0.39 is 23.6 Å². The number of nitrogens with zero attached hydrogens (tertiary/aromatic N) is 2. The highest BCUT2D eigenvalue weighted by molar-refractivity contribution is 6.03. The van der Waals surface area contributed by atoms with Crippen molar-refractivity contribution in [3.05, 3.63) is 78.1 Å². The minimum absolute atomic E-state index is 0.0754. The summed E-state index contributed by atoms with van der Waals surface area (Å²) in [4.78, 5) is 43.8. The van der Waals surface area contributed by atoms with Crippen molar-refractivity contribution in [3.8, 4) is 29.1 Å². The third-order valence-electron chi connectivity index (χ3n) is 6.32. The normalized spacial score (nSPS) is 16.9. The Hall–Kier alpha value is -5.08. The molecule has 0 saturated carbocycles. The quantitative estimate of drug-likeness (QED) is 0.444. The second-order valence-electron chi connectivity index (χ2n) is 9.37. The summed E-state index contributed by atoms with van der Waals surface area (Å²) in [7, 11) is 1.60. The third-order valence-corrected chi connectivity index (χ3v) is 6.32. The third kappa shape index (κ3) is 6.40. The maximum Gasteiger partial charge on any atom is 0.408 e. The number of para-hydroxylation sites is 1. The van der Waals surface area contributed by atoms with Crippen LogP contribution in [-0.4, -0.2) is 67.9 Å². The average Bonchev–Trinajstić information content (AvgIpc) is 3.07. The van der Waals surface area contributed by atoms with Crippen LogP contribution in [0.4, 0.5) is 10.5 Å². The average molecular weight is 557 g/mol. The number of hydrogen-bond donors (Lipinski definition) is 2. The number of aromatic nitrogens is 1. The lowest BCUT2D eigenvalue weighted by Gasteiger charge is -2.35. The zero-order valence-corrected chi connectivity index (χ0v) is 22.5. The van der Waals surface area contributed by atoms with Gasteiger partial charge in [0.1, 0.15) is 48.8 Å². The van der Waals surface area contributed by atoms with Gasteiger partial charge in [-0.25, -0.2) is 4.79 Å². The molecule has 5 rings (SSSR count). The van der Waals surface area contributed by atoms with Crippen LogP contribution in [0.3, 0.4) is 0 Å². The number of anilines is 1. The molecule has 0 radical (unpaired) electrons. The molecule has 0 aliphatic carbocycles. The van der Waals surface area contributed by atoms with Gasteiger partial charge in [-0.3, -0.25) is 14.6 Å². The molecule has 1 atom stereocenters. The summed E-state index contributed by atoms with van der Waals surface area (Å²) in [6, 6.07) is 16.5. The van der Waals surface area contributed by atoms with Crippen molar-refractivity contribution in [3.63, 3.8) is 0 Å². The second-order valence-corrected chi connectivity index (χ2v) is 9.37. The first-order valence-electron chi connectivity index (χ1n) is 13.0. The van der Waals surface area contributed by atoms with Crippen LogP contribution in [0.5, 0.6) is 17.2 Å². The Balaban J connectivity index is 1.27. The molecule has 2 aliphatic heterocycles. The maximum absolute atomic E-state index is 13.3.